The molecule has 0 aliphatic heterocycles. The van der Waals surface area contributed by atoms with E-state index < -0.39 is 17.5 Å². The van der Waals surface area contributed by atoms with Crippen molar-refractivity contribution in [2.24, 2.45) is 5.73 Å². The van der Waals surface area contributed by atoms with Gasteiger partial charge in [0.2, 0.25) is 5.91 Å². The monoisotopic (exact) mass is 455 g/mol. The summed E-state index contributed by atoms with van der Waals surface area (Å²) in [6, 6.07) is 13.5. The van der Waals surface area contributed by atoms with E-state index in [1.54, 1.807) is 6.07 Å². The van der Waals surface area contributed by atoms with Crippen molar-refractivity contribution >= 4 is 5.91 Å². The zero-order valence-corrected chi connectivity index (χ0v) is 18.3. The number of hydrogen-bond acceptors (Lipinski definition) is 5. The minimum atomic E-state index is -3.96. The molecule has 1 amide bonds. The molecule has 174 valence electrons. The third kappa shape index (κ3) is 5.64. The Morgan fingerprint density at radius 3 is 2.48 bits per heavy atom. The molecule has 1 atom stereocenters. The summed E-state index contributed by atoms with van der Waals surface area (Å²) in [6.45, 7) is 2.05. The largest absolute Gasteiger partial charge is 0.508 e. The van der Waals surface area contributed by atoms with E-state index in [0.29, 0.717) is 12.8 Å². The standard InChI is InChI=1S/C25H27F2N3O3/c1-2-3-12-23(32)30-24(25(26,27)28,22-11-7-8-13-29-22)19-14-20(31)16-21(15-19)33-17-18-9-5-4-6-10-18/h4-11,13-16,31H,2-3,12,17,28H2,1H3,(H,30,32). The van der Waals surface area contributed by atoms with Gasteiger partial charge in [0.1, 0.15) is 18.1 Å². The number of nitrogens with zero attached hydrogens (tertiary/aromatic N) is 1. The number of alkyl halides is 2. The maximum atomic E-state index is 15.2. The average molecular weight is 456 g/mol. The Bertz CT molecular complexity index is 1060. The lowest BCUT2D eigenvalue weighted by Gasteiger charge is -2.39. The van der Waals surface area contributed by atoms with E-state index in [4.69, 9.17) is 10.5 Å². The third-order valence-corrected chi connectivity index (χ3v) is 5.21. The summed E-state index contributed by atoms with van der Waals surface area (Å²) in [5, 5.41) is 12.8. The number of rotatable bonds is 10. The van der Waals surface area contributed by atoms with Gasteiger partial charge in [-0.1, -0.05) is 49.7 Å². The molecular weight excluding hydrogens is 428 g/mol. The van der Waals surface area contributed by atoms with Gasteiger partial charge in [-0.05, 0) is 41.8 Å². The number of amides is 1. The first kappa shape index (κ1) is 24.1. The van der Waals surface area contributed by atoms with Crippen LogP contribution in [0.3, 0.4) is 0 Å². The Morgan fingerprint density at radius 2 is 1.85 bits per heavy atom. The van der Waals surface area contributed by atoms with Gasteiger partial charge in [0.15, 0.2) is 5.54 Å². The lowest BCUT2D eigenvalue weighted by atomic mass is 9.83. The molecule has 0 saturated heterocycles. The first-order chi connectivity index (χ1) is 15.8. The van der Waals surface area contributed by atoms with Crippen molar-refractivity contribution in [1.82, 2.24) is 10.3 Å². The Labute approximate surface area is 191 Å². The van der Waals surface area contributed by atoms with Crippen molar-refractivity contribution in [2.75, 3.05) is 0 Å². The van der Waals surface area contributed by atoms with Crippen molar-refractivity contribution in [3.05, 3.63) is 89.7 Å². The second kappa shape index (κ2) is 10.4. The smallest absolute Gasteiger partial charge is 0.332 e. The van der Waals surface area contributed by atoms with Gasteiger partial charge in [-0.2, -0.15) is 8.78 Å². The maximum Gasteiger partial charge on any atom is 0.332 e. The third-order valence-electron chi connectivity index (χ3n) is 5.21. The highest BCUT2D eigenvalue weighted by atomic mass is 19.3. The summed E-state index contributed by atoms with van der Waals surface area (Å²) in [4.78, 5) is 16.8. The molecule has 0 aliphatic rings. The normalized spacial score (nSPS) is 13.2. The predicted octanol–water partition coefficient (Wildman–Crippen LogP) is 4.47. The van der Waals surface area contributed by atoms with Crippen LogP contribution in [0.15, 0.2) is 72.9 Å². The predicted molar refractivity (Wildman–Crippen MR) is 121 cm³/mol. The van der Waals surface area contributed by atoms with Gasteiger partial charge in [0, 0.05) is 18.7 Å². The Morgan fingerprint density at radius 1 is 1.12 bits per heavy atom. The summed E-state index contributed by atoms with van der Waals surface area (Å²) in [6.07, 6.45) is 2.61. The lowest BCUT2D eigenvalue weighted by Crippen LogP contribution is -2.63. The van der Waals surface area contributed by atoms with E-state index in [1.165, 1.54) is 30.5 Å². The fourth-order valence-electron chi connectivity index (χ4n) is 3.55. The fourth-order valence-corrected chi connectivity index (χ4v) is 3.55. The quantitative estimate of drug-likeness (QED) is 0.392. The van der Waals surface area contributed by atoms with Crippen LogP contribution in [0.5, 0.6) is 11.5 Å². The van der Waals surface area contributed by atoms with Crippen molar-refractivity contribution < 1.29 is 23.4 Å². The minimum absolute atomic E-state index is 0.0390. The number of unbranched alkanes of at least 4 members (excludes halogenated alkanes) is 1. The molecule has 0 fully saturated rings. The number of hydrogen-bond donors (Lipinski definition) is 3. The van der Waals surface area contributed by atoms with Crippen molar-refractivity contribution in [3.63, 3.8) is 0 Å². The van der Waals surface area contributed by atoms with Gasteiger partial charge in [0.25, 0.3) is 0 Å². The summed E-state index contributed by atoms with van der Waals surface area (Å²) in [5.41, 5.74) is 3.43. The number of phenols is 1. The van der Waals surface area contributed by atoms with E-state index in [1.807, 2.05) is 37.3 Å². The molecule has 0 bridgehead atoms. The first-order valence-corrected chi connectivity index (χ1v) is 10.7. The lowest BCUT2D eigenvalue weighted by molar-refractivity contribution is -0.131. The van der Waals surface area contributed by atoms with Gasteiger partial charge in [-0.3, -0.25) is 15.5 Å². The van der Waals surface area contributed by atoms with Crippen molar-refractivity contribution in [2.45, 2.75) is 44.4 Å². The van der Waals surface area contributed by atoms with E-state index in [9.17, 15) is 9.90 Å². The second-order valence-corrected chi connectivity index (χ2v) is 7.73. The van der Waals surface area contributed by atoms with Crippen LogP contribution in [-0.2, 0) is 16.9 Å². The topological polar surface area (TPSA) is 97.5 Å². The van der Waals surface area contributed by atoms with E-state index >= 15 is 8.78 Å². The Kier molecular flexibility index (Phi) is 7.60. The number of benzene rings is 2. The molecule has 1 heterocycles. The van der Waals surface area contributed by atoms with Crippen molar-refractivity contribution in [3.8, 4) is 11.5 Å². The Hall–Kier alpha value is -3.52. The number of pyridine rings is 1. The maximum absolute atomic E-state index is 15.2. The Balaban J connectivity index is 2.09. The van der Waals surface area contributed by atoms with E-state index in [-0.39, 0.29) is 35.8 Å². The molecule has 0 radical (unpaired) electrons. The minimum Gasteiger partial charge on any atom is -0.508 e. The number of nitrogens with one attached hydrogen (secondary N) is 1. The van der Waals surface area contributed by atoms with E-state index in [0.717, 1.165) is 11.6 Å². The molecule has 2 aromatic carbocycles. The van der Waals surface area contributed by atoms with Crippen LogP contribution in [0.1, 0.15) is 43.0 Å². The van der Waals surface area contributed by atoms with Crippen LogP contribution in [0.4, 0.5) is 8.78 Å². The molecule has 1 aromatic heterocycles. The molecule has 8 heteroatoms. The molecule has 3 aromatic rings. The van der Waals surface area contributed by atoms with Gasteiger partial charge in [0.05, 0.1) is 5.69 Å². The number of aromatic nitrogens is 1. The molecule has 33 heavy (non-hydrogen) atoms. The van der Waals surface area contributed by atoms with Crippen LogP contribution in [-0.4, -0.2) is 22.0 Å². The van der Waals surface area contributed by atoms with Gasteiger partial charge in [-0.15, -0.1) is 0 Å². The fraction of sp³-hybridized carbons (Fsp3) is 0.280. The first-order valence-electron chi connectivity index (χ1n) is 10.7. The van der Waals surface area contributed by atoms with Crippen LogP contribution in [0.2, 0.25) is 0 Å². The molecule has 3 rings (SSSR count). The number of carbonyl (C=O) groups excluding carboxylic acids is 1. The van der Waals surface area contributed by atoms with Gasteiger partial charge in [-0.25, -0.2) is 0 Å². The highest BCUT2D eigenvalue weighted by Gasteiger charge is 2.56. The van der Waals surface area contributed by atoms with Crippen LogP contribution in [0.25, 0.3) is 0 Å². The molecular formula is C25H27F2N3O3. The number of ether oxygens (including phenoxy) is 1. The highest BCUT2D eigenvalue weighted by molar-refractivity contribution is 5.78. The van der Waals surface area contributed by atoms with Crippen LogP contribution in [0, 0.1) is 0 Å². The summed E-state index contributed by atoms with van der Waals surface area (Å²) in [7, 11) is 0. The highest BCUT2D eigenvalue weighted by Crippen LogP contribution is 2.42. The number of carbonyl (C=O) groups is 1. The van der Waals surface area contributed by atoms with Gasteiger partial charge < -0.3 is 15.2 Å². The molecule has 1 unspecified atom stereocenters. The van der Waals surface area contributed by atoms with Crippen LogP contribution < -0.4 is 15.8 Å². The number of halogens is 2. The molecule has 6 nitrogen and oxygen atoms in total. The van der Waals surface area contributed by atoms with E-state index in [2.05, 4.69) is 10.3 Å². The van der Waals surface area contributed by atoms with Crippen molar-refractivity contribution in [1.29, 1.82) is 0 Å². The summed E-state index contributed by atoms with van der Waals surface area (Å²) >= 11 is 0. The molecule has 0 saturated carbocycles. The molecule has 0 spiro atoms. The van der Waals surface area contributed by atoms with Crippen LogP contribution >= 0.6 is 0 Å². The van der Waals surface area contributed by atoms with Gasteiger partial charge >= 0.3 is 6.05 Å². The zero-order valence-electron chi connectivity index (χ0n) is 18.3. The molecule has 0 aliphatic carbocycles. The number of aromatic hydroxyl groups is 1. The molecule has 4 N–H and O–H groups in total. The number of phenolic OH excluding ortho intramolecular Hbond substituents is 1. The summed E-state index contributed by atoms with van der Waals surface area (Å²) < 4.78 is 36.2. The average Bonchev–Trinajstić information content (AvgIpc) is 2.80. The SMILES string of the molecule is CCCCC(=O)NC(c1cc(O)cc(OCc2ccccc2)c1)(c1ccccn1)C(N)(F)F. The summed E-state index contributed by atoms with van der Waals surface area (Å²) in [5.74, 6) is -0.785. The second-order valence-electron chi connectivity index (χ2n) is 7.73. The zero-order chi connectivity index (χ0) is 23.9. The number of nitrogens with two attached hydrogens (primary N) is 1.